The topological polar surface area (TPSA) is 64.1 Å². The van der Waals surface area contributed by atoms with Crippen molar-refractivity contribution in [2.75, 3.05) is 5.73 Å². The molecule has 1 unspecified atom stereocenters. The molecule has 3 rings (SSSR count). The first kappa shape index (κ1) is 14.1. The number of fused-ring (bicyclic) bond motifs is 1. The molecule has 0 saturated heterocycles. The molecular weight excluding hydrogens is 330 g/mol. The number of benzene rings is 2. The molecule has 0 amide bonds. The second kappa shape index (κ2) is 5.16. The molecule has 1 heterocycles. The summed E-state index contributed by atoms with van der Waals surface area (Å²) in [5, 5.41) is 10.0. The first-order valence-electron chi connectivity index (χ1n) is 6.69. The maximum Gasteiger partial charge on any atom is 0.143 e. The van der Waals surface area contributed by atoms with E-state index in [2.05, 4.69) is 27.0 Å². The molecule has 0 radical (unpaired) electrons. The van der Waals surface area contributed by atoms with E-state index < -0.39 is 6.10 Å². The normalized spacial score (nSPS) is 12.8. The van der Waals surface area contributed by atoms with E-state index in [4.69, 9.17) is 5.73 Å². The number of hydrogen-bond donors (Lipinski definition) is 2. The van der Waals surface area contributed by atoms with E-state index in [0.717, 1.165) is 26.8 Å². The molecule has 1 atom stereocenters. The quantitative estimate of drug-likeness (QED) is 0.695. The first-order valence-corrected chi connectivity index (χ1v) is 7.48. The predicted molar refractivity (Wildman–Crippen MR) is 88.6 cm³/mol. The van der Waals surface area contributed by atoms with Crippen LogP contribution in [0.1, 0.15) is 24.4 Å². The number of nitrogens with two attached hydrogens (primary N) is 1. The molecule has 0 spiro atoms. The number of imidazole rings is 1. The third kappa shape index (κ3) is 2.54. The average molecular weight is 346 g/mol. The zero-order chi connectivity index (χ0) is 15.1. The Kier molecular flexibility index (Phi) is 3.47. The van der Waals surface area contributed by atoms with Gasteiger partial charge in [-0.05, 0) is 55.8 Å². The van der Waals surface area contributed by atoms with E-state index in [1.165, 1.54) is 0 Å². The Morgan fingerprint density at radius 3 is 2.67 bits per heavy atom. The summed E-state index contributed by atoms with van der Waals surface area (Å²) in [4.78, 5) is 4.53. The van der Waals surface area contributed by atoms with E-state index in [1.54, 1.807) is 6.92 Å². The van der Waals surface area contributed by atoms with Gasteiger partial charge in [-0.3, -0.25) is 4.57 Å². The highest BCUT2D eigenvalue weighted by Crippen LogP contribution is 2.28. The molecule has 1 aromatic heterocycles. The Morgan fingerprint density at radius 1 is 1.24 bits per heavy atom. The standard InChI is InChI=1S/C16H16BrN3O/c1-9-5-11(17)7-13(6-9)20-15-4-3-12(18)8-14(15)19-16(20)10(2)21/h3-8,10,21H,18H2,1-2H3. The van der Waals surface area contributed by atoms with Gasteiger partial charge in [0.2, 0.25) is 0 Å². The van der Waals surface area contributed by atoms with Crippen LogP contribution in [-0.4, -0.2) is 14.7 Å². The molecule has 0 bridgehead atoms. The smallest absolute Gasteiger partial charge is 0.143 e. The van der Waals surface area contributed by atoms with Gasteiger partial charge < -0.3 is 10.8 Å². The number of halogens is 1. The lowest BCUT2D eigenvalue weighted by Gasteiger charge is -2.12. The molecular formula is C16H16BrN3O. The van der Waals surface area contributed by atoms with Crippen molar-refractivity contribution in [3.05, 3.63) is 52.3 Å². The number of rotatable bonds is 2. The predicted octanol–water partition coefficient (Wildman–Crippen LogP) is 3.73. The SMILES string of the molecule is Cc1cc(Br)cc(-n2c(C(C)O)nc3cc(N)ccc32)c1. The number of nitrogen functional groups attached to an aromatic ring is 1. The van der Waals surface area contributed by atoms with Gasteiger partial charge in [0, 0.05) is 15.8 Å². The van der Waals surface area contributed by atoms with Crippen LogP contribution in [0.5, 0.6) is 0 Å². The fourth-order valence-corrected chi connectivity index (χ4v) is 3.11. The summed E-state index contributed by atoms with van der Waals surface area (Å²) in [5.41, 5.74) is 10.3. The van der Waals surface area contributed by atoms with Crippen molar-refractivity contribution in [1.82, 2.24) is 9.55 Å². The summed E-state index contributed by atoms with van der Waals surface area (Å²) >= 11 is 3.52. The van der Waals surface area contributed by atoms with Gasteiger partial charge in [-0.2, -0.15) is 0 Å². The maximum atomic E-state index is 10.0. The second-order valence-corrected chi connectivity index (χ2v) is 6.13. The van der Waals surface area contributed by atoms with E-state index >= 15 is 0 Å². The molecule has 2 aromatic carbocycles. The zero-order valence-electron chi connectivity index (χ0n) is 11.8. The highest BCUT2D eigenvalue weighted by molar-refractivity contribution is 9.10. The van der Waals surface area contributed by atoms with Gasteiger partial charge in [-0.1, -0.05) is 15.9 Å². The van der Waals surface area contributed by atoms with E-state index in [9.17, 15) is 5.11 Å². The van der Waals surface area contributed by atoms with E-state index in [-0.39, 0.29) is 0 Å². The molecule has 0 aliphatic heterocycles. The van der Waals surface area contributed by atoms with Crippen molar-refractivity contribution in [1.29, 1.82) is 0 Å². The molecule has 108 valence electrons. The van der Waals surface area contributed by atoms with Crippen LogP contribution in [0.4, 0.5) is 5.69 Å². The van der Waals surface area contributed by atoms with Crippen molar-refractivity contribution in [2.45, 2.75) is 20.0 Å². The summed E-state index contributed by atoms with van der Waals surface area (Å²) in [6.45, 7) is 3.75. The number of aliphatic hydroxyl groups is 1. The largest absolute Gasteiger partial charge is 0.399 e. The molecule has 0 fully saturated rings. The Hall–Kier alpha value is -1.85. The number of hydrogen-bond acceptors (Lipinski definition) is 3. The summed E-state index contributed by atoms with van der Waals surface area (Å²) in [6.07, 6.45) is -0.669. The third-order valence-electron chi connectivity index (χ3n) is 3.36. The fraction of sp³-hybridized carbons (Fsp3) is 0.188. The van der Waals surface area contributed by atoms with Gasteiger partial charge in [0.1, 0.15) is 11.9 Å². The molecule has 3 N–H and O–H groups in total. The van der Waals surface area contributed by atoms with Crippen molar-refractivity contribution >= 4 is 32.7 Å². The average Bonchev–Trinajstić information content (AvgIpc) is 2.76. The van der Waals surface area contributed by atoms with Gasteiger partial charge in [-0.25, -0.2) is 4.98 Å². The second-order valence-electron chi connectivity index (χ2n) is 5.22. The summed E-state index contributed by atoms with van der Waals surface area (Å²) in [6, 6.07) is 11.7. The van der Waals surface area contributed by atoms with Crippen molar-refractivity contribution < 1.29 is 5.11 Å². The number of aliphatic hydroxyl groups excluding tert-OH is 1. The van der Waals surface area contributed by atoms with Gasteiger partial charge in [0.15, 0.2) is 0 Å². The molecule has 0 saturated carbocycles. The van der Waals surface area contributed by atoms with Crippen LogP contribution in [0.25, 0.3) is 16.7 Å². The highest BCUT2D eigenvalue weighted by atomic mass is 79.9. The Bertz CT molecular complexity index is 803. The van der Waals surface area contributed by atoms with Crippen LogP contribution in [0, 0.1) is 6.92 Å². The lowest BCUT2D eigenvalue weighted by atomic mass is 10.2. The Morgan fingerprint density at radius 2 is 2.00 bits per heavy atom. The lowest BCUT2D eigenvalue weighted by Crippen LogP contribution is -2.05. The summed E-state index contributed by atoms with van der Waals surface area (Å²) < 4.78 is 2.96. The minimum absolute atomic E-state index is 0.605. The Balaban J connectivity index is 2.36. The lowest BCUT2D eigenvalue weighted by molar-refractivity contribution is 0.187. The van der Waals surface area contributed by atoms with Gasteiger partial charge >= 0.3 is 0 Å². The number of anilines is 1. The molecule has 21 heavy (non-hydrogen) atoms. The summed E-state index contributed by atoms with van der Waals surface area (Å²) in [7, 11) is 0. The molecule has 0 aliphatic rings. The van der Waals surface area contributed by atoms with Gasteiger partial charge in [0.05, 0.1) is 11.0 Å². The van der Waals surface area contributed by atoms with Crippen LogP contribution in [0.2, 0.25) is 0 Å². The van der Waals surface area contributed by atoms with Gasteiger partial charge in [-0.15, -0.1) is 0 Å². The maximum absolute atomic E-state index is 10.0. The first-order chi connectivity index (χ1) is 9.95. The monoisotopic (exact) mass is 345 g/mol. The van der Waals surface area contributed by atoms with Crippen LogP contribution in [-0.2, 0) is 0 Å². The van der Waals surface area contributed by atoms with Crippen LogP contribution >= 0.6 is 15.9 Å². The van der Waals surface area contributed by atoms with Crippen LogP contribution in [0.3, 0.4) is 0 Å². The van der Waals surface area contributed by atoms with Crippen molar-refractivity contribution in [2.24, 2.45) is 0 Å². The third-order valence-corrected chi connectivity index (χ3v) is 3.82. The Labute approximate surface area is 131 Å². The zero-order valence-corrected chi connectivity index (χ0v) is 13.4. The molecule has 0 aliphatic carbocycles. The molecule has 5 heteroatoms. The minimum atomic E-state index is -0.669. The molecule has 4 nitrogen and oxygen atoms in total. The van der Waals surface area contributed by atoms with Crippen molar-refractivity contribution in [3.8, 4) is 5.69 Å². The highest BCUT2D eigenvalue weighted by Gasteiger charge is 2.16. The van der Waals surface area contributed by atoms with Crippen LogP contribution in [0.15, 0.2) is 40.9 Å². The number of aryl methyl sites for hydroxylation is 1. The minimum Gasteiger partial charge on any atom is -0.399 e. The number of aromatic nitrogens is 2. The number of nitrogens with zero attached hydrogens (tertiary/aromatic N) is 2. The van der Waals surface area contributed by atoms with Crippen LogP contribution < -0.4 is 5.73 Å². The molecule has 3 aromatic rings. The van der Waals surface area contributed by atoms with Gasteiger partial charge in [0.25, 0.3) is 0 Å². The van der Waals surface area contributed by atoms with E-state index in [1.807, 2.05) is 41.8 Å². The summed E-state index contributed by atoms with van der Waals surface area (Å²) in [5.74, 6) is 0.605. The van der Waals surface area contributed by atoms with E-state index in [0.29, 0.717) is 11.5 Å². The van der Waals surface area contributed by atoms with Crippen molar-refractivity contribution in [3.63, 3.8) is 0 Å². The fourth-order valence-electron chi connectivity index (χ4n) is 2.51.